The zero-order chi connectivity index (χ0) is 22.8. The number of fused-ring (bicyclic) bond motifs is 1. The number of anilines is 1. The van der Waals surface area contributed by atoms with E-state index < -0.39 is 6.09 Å². The molecule has 1 aliphatic rings. The fraction of sp³-hybridized carbons (Fsp3) is 0.333. The Hall–Kier alpha value is -3.54. The van der Waals surface area contributed by atoms with Gasteiger partial charge in [-0.2, -0.15) is 4.98 Å². The molecule has 1 N–H and O–H groups in total. The first kappa shape index (κ1) is 21.3. The molecule has 1 aliphatic carbocycles. The highest BCUT2D eigenvalue weighted by Crippen LogP contribution is 2.30. The Kier molecular flexibility index (Phi) is 5.90. The van der Waals surface area contributed by atoms with E-state index in [9.17, 15) is 4.79 Å². The van der Waals surface area contributed by atoms with E-state index in [0.29, 0.717) is 29.0 Å². The number of hydrogen-bond donors (Lipinski definition) is 1. The number of nitrogens with zero attached hydrogens (tertiary/aromatic N) is 7. The Morgan fingerprint density at radius 3 is 2.79 bits per heavy atom. The van der Waals surface area contributed by atoms with Crippen molar-refractivity contribution < 1.29 is 14.3 Å². The number of halogens is 1. The number of para-hydroxylation sites is 1. The van der Waals surface area contributed by atoms with E-state index in [1.165, 1.54) is 4.68 Å². The Morgan fingerprint density at radius 1 is 1.18 bits per heavy atom. The van der Waals surface area contributed by atoms with Crippen LogP contribution in [-0.2, 0) is 18.4 Å². The monoisotopic (exact) mass is 512 g/mol. The summed E-state index contributed by atoms with van der Waals surface area (Å²) in [5.41, 5.74) is 2.12. The van der Waals surface area contributed by atoms with Crippen LogP contribution >= 0.6 is 15.9 Å². The number of aryl methyl sites for hydroxylation is 1. The quantitative estimate of drug-likeness (QED) is 0.414. The van der Waals surface area contributed by atoms with E-state index >= 15 is 0 Å². The molecule has 5 rings (SSSR count). The van der Waals surface area contributed by atoms with Crippen molar-refractivity contribution in [2.24, 2.45) is 7.05 Å². The number of rotatable bonds is 6. The van der Waals surface area contributed by atoms with Crippen molar-refractivity contribution in [3.63, 3.8) is 0 Å². The summed E-state index contributed by atoms with van der Waals surface area (Å²) in [4.78, 5) is 21.2. The number of carbonyl (C=O) groups is 1. The largest absolute Gasteiger partial charge is 0.458 e. The van der Waals surface area contributed by atoms with Crippen LogP contribution in [0.2, 0.25) is 0 Å². The summed E-state index contributed by atoms with van der Waals surface area (Å²) in [6.07, 6.45) is 3.50. The topological polar surface area (TPSA) is 122 Å². The lowest BCUT2D eigenvalue weighted by Crippen LogP contribution is -2.20. The SMILES string of the molecule is Cn1nnnc1-n1c(OCc2cccc(NC(=O)OC3CCCC3)n2)nc2c(Br)cccc21. The summed E-state index contributed by atoms with van der Waals surface area (Å²) in [5, 5.41) is 14.4. The van der Waals surface area contributed by atoms with Gasteiger partial charge in [0.1, 0.15) is 24.0 Å². The molecule has 0 bridgehead atoms. The van der Waals surface area contributed by atoms with E-state index in [-0.39, 0.29) is 12.7 Å². The normalized spacial score (nSPS) is 14.0. The number of amides is 1. The van der Waals surface area contributed by atoms with Gasteiger partial charge < -0.3 is 9.47 Å². The van der Waals surface area contributed by atoms with Gasteiger partial charge in [0.25, 0.3) is 5.95 Å². The molecule has 3 aromatic heterocycles. The maximum absolute atomic E-state index is 12.2. The number of aromatic nitrogens is 7. The molecule has 4 aromatic rings. The Labute approximate surface area is 197 Å². The second kappa shape index (κ2) is 9.14. The van der Waals surface area contributed by atoms with Gasteiger partial charge in [0.15, 0.2) is 0 Å². The molecule has 12 heteroatoms. The van der Waals surface area contributed by atoms with Gasteiger partial charge in [-0.1, -0.05) is 17.2 Å². The van der Waals surface area contributed by atoms with Gasteiger partial charge in [0.05, 0.1) is 11.2 Å². The molecule has 0 unspecified atom stereocenters. The second-order valence-electron chi connectivity index (χ2n) is 7.68. The van der Waals surface area contributed by atoms with Gasteiger partial charge in [-0.3, -0.25) is 5.32 Å². The van der Waals surface area contributed by atoms with Gasteiger partial charge in [-0.25, -0.2) is 19.0 Å². The molecule has 0 saturated heterocycles. The van der Waals surface area contributed by atoms with Crippen LogP contribution in [0.4, 0.5) is 10.6 Å². The molecule has 170 valence electrons. The molecule has 0 aliphatic heterocycles. The fourth-order valence-corrected chi connectivity index (χ4v) is 4.25. The highest BCUT2D eigenvalue weighted by atomic mass is 79.9. The molecule has 33 heavy (non-hydrogen) atoms. The average Bonchev–Trinajstić information content (AvgIpc) is 3.53. The number of carbonyl (C=O) groups excluding carboxylic acids is 1. The highest BCUT2D eigenvalue weighted by molar-refractivity contribution is 9.10. The molecule has 0 atom stereocenters. The molecule has 1 aromatic carbocycles. The maximum atomic E-state index is 12.2. The van der Waals surface area contributed by atoms with Crippen molar-refractivity contribution in [3.05, 3.63) is 46.6 Å². The molecule has 11 nitrogen and oxygen atoms in total. The van der Waals surface area contributed by atoms with E-state index in [1.807, 2.05) is 18.2 Å². The van der Waals surface area contributed by atoms with Crippen LogP contribution in [0.3, 0.4) is 0 Å². The van der Waals surface area contributed by atoms with Crippen LogP contribution in [-0.4, -0.2) is 46.9 Å². The predicted molar refractivity (Wildman–Crippen MR) is 122 cm³/mol. The molecular formula is C21H21BrN8O3. The van der Waals surface area contributed by atoms with Crippen molar-refractivity contribution in [1.82, 2.24) is 34.7 Å². The first-order chi connectivity index (χ1) is 16.1. The van der Waals surface area contributed by atoms with E-state index in [0.717, 1.165) is 35.7 Å². The number of imidazole rings is 1. The summed E-state index contributed by atoms with van der Waals surface area (Å²) < 4.78 is 15.6. The van der Waals surface area contributed by atoms with Crippen LogP contribution in [0, 0.1) is 0 Å². The minimum Gasteiger partial charge on any atom is -0.458 e. The van der Waals surface area contributed by atoms with E-state index in [4.69, 9.17) is 9.47 Å². The Bertz CT molecular complexity index is 1300. The van der Waals surface area contributed by atoms with Crippen LogP contribution < -0.4 is 10.1 Å². The van der Waals surface area contributed by atoms with Gasteiger partial charge in [0.2, 0.25) is 0 Å². The number of benzene rings is 1. The Morgan fingerprint density at radius 2 is 2.00 bits per heavy atom. The van der Waals surface area contributed by atoms with Crippen molar-refractivity contribution in [3.8, 4) is 12.0 Å². The smallest absolute Gasteiger partial charge is 0.413 e. The molecule has 0 spiro atoms. The van der Waals surface area contributed by atoms with Crippen molar-refractivity contribution >= 4 is 38.9 Å². The minimum absolute atomic E-state index is 0.0149. The van der Waals surface area contributed by atoms with Crippen LogP contribution in [0.25, 0.3) is 17.0 Å². The number of nitrogens with one attached hydrogen (secondary N) is 1. The lowest BCUT2D eigenvalue weighted by Gasteiger charge is -2.12. The van der Waals surface area contributed by atoms with Crippen molar-refractivity contribution in [2.45, 2.75) is 38.4 Å². The van der Waals surface area contributed by atoms with Gasteiger partial charge in [-0.05, 0) is 76.3 Å². The van der Waals surface area contributed by atoms with Gasteiger partial charge >= 0.3 is 12.1 Å². The molecule has 1 fully saturated rings. The zero-order valence-electron chi connectivity index (χ0n) is 17.8. The summed E-state index contributed by atoms with van der Waals surface area (Å²) in [5.74, 6) is 0.858. The van der Waals surface area contributed by atoms with Crippen LogP contribution in [0.1, 0.15) is 31.4 Å². The van der Waals surface area contributed by atoms with Crippen molar-refractivity contribution in [1.29, 1.82) is 0 Å². The minimum atomic E-state index is -0.492. The number of hydrogen-bond acceptors (Lipinski definition) is 8. The molecular weight excluding hydrogens is 492 g/mol. The fourth-order valence-electron chi connectivity index (χ4n) is 3.81. The third-order valence-electron chi connectivity index (χ3n) is 5.36. The second-order valence-corrected chi connectivity index (χ2v) is 8.53. The molecule has 1 saturated carbocycles. The summed E-state index contributed by atoms with van der Waals surface area (Å²) >= 11 is 3.53. The third-order valence-corrected chi connectivity index (χ3v) is 6.00. The van der Waals surface area contributed by atoms with Crippen LogP contribution in [0.15, 0.2) is 40.9 Å². The molecule has 0 radical (unpaired) electrons. The van der Waals surface area contributed by atoms with Crippen molar-refractivity contribution in [2.75, 3.05) is 5.32 Å². The standard InChI is InChI=1S/C21H21BrN8O3/c1-29-19(26-27-28-29)30-16-10-5-9-15(22)18(16)25-20(30)32-12-13-6-4-11-17(23-13)24-21(31)33-14-7-2-3-8-14/h4-6,9-11,14H,2-3,7-8,12H2,1H3,(H,23,24,31). The highest BCUT2D eigenvalue weighted by Gasteiger charge is 2.21. The first-order valence-corrected chi connectivity index (χ1v) is 11.3. The number of ether oxygens (including phenoxy) is 2. The third kappa shape index (κ3) is 4.51. The van der Waals surface area contributed by atoms with E-state index in [2.05, 4.69) is 46.7 Å². The lowest BCUT2D eigenvalue weighted by atomic mass is 10.3. The average molecular weight is 513 g/mol. The summed E-state index contributed by atoms with van der Waals surface area (Å²) in [7, 11) is 1.74. The Balaban J connectivity index is 1.35. The summed E-state index contributed by atoms with van der Waals surface area (Å²) in [6.45, 7) is 0.124. The van der Waals surface area contributed by atoms with Gasteiger partial charge in [0, 0.05) is 11.5 Å². The summed E-state index contributed by atoms with van der Waals surface area (Å²) in [6, 6.07) is 11.3. The maximum Gasteiger partial charge on any atom is 0.413 e. The molecule has 1 amide bonds. The predicted octanol–water partition coefficient (Wildman–Crippen LogP) is 3.78. The lowest BCUT2D eigenvalue weighted by molar-refractivity contribution is 0.114. The number of pyridine rings is 1. The van der Waals surface area contributed by atoms with Gasteiger partial charge in [-0.15, -0.1) is 0 Å². The van der Waals surface area contributed by atoms with Crippen LogP contribution in [0.5, 0.6) is 6.01 Å². The molecule has 3 heterocycles. The van der Waals surface area contributed by atoms with E-state index in [1.54, 1.807) is 29.8 Å². The zero-order valence-corrected chi connectivity index (χ0v) is 19.4. The number of tetrazole rings is 1. The first-order valence-electron chi connectivity index (χ1n) is 10.5.